The molecule has 1 aliphatic rings. The quantitative estimate of drug-likeness (QED) is 0.818. The number of benzene rings is 1. The van der Waals surface area contributed by atoms with Gasteiger partial charge in [-0.1, -0.05) is 23.7 Å². The fourth-order valence-corrected chi connectivity index (χ4v) is 3.43. The molecule has 1 saturated heterocycles. The van der Waals surface area contributed by atoms with E-state index < -0.39 is 10.0 Å². The molecule has 0 radical (unpaired) electrons. The highest BCUT2D eigenvalue weighted by Gasteiger charge is 2.32. The molecule has 0 N–H and O–H groups in total. The van der Waals surface area contributed by atoms with Crippen LogP contribution in [0.3, 0.4) is 0 Å². The van der Waals surface area contributed by atoms with Gasteiger partial charge < -0.3 is 0 Å². The molecule has 0 bridgehead atoms. The molecule has 0 saturated carbocycles. The Morgan fingerprint density at radius 3 is 2.50 bits per heavy atom. The van der Waals surface area contributed by atoms with Gasteiger partial charge in [-0.3, -0.25) is 0 Å². The third kappa shape index (κ3) is 2.39. The summed E-state index contributed by atoms with van der Waals surface area (Å²) in [5.41, 5.74) is 1.02. The average molecular weight is 260 g/mol. The van der Waals surface area contributed by atoms with Crippen molar-refractivity contribution in [3.63, 3.8) is 0 Å². The van der Waals surface area contributed by atoms with Gasteiger partial charge in [0.05, 0.1) is 6.26 Å². The zero-order valence-electron chi connectivity index (χ0n) is 9.06. The highest BCUT2D eigenvalue weighted by molar-refractivity contribution is 7.88. The SMILES string of the molecule is CS(=O)(=O)N1CCC[C@@H]1c1ccc(Cl)cc1. The highest BCUT2D eigenvalue weighted by atomic mass is 35.5. The van der Waals surface area contributed by atoms with Crippen molar-refractivity contribution < 1.29 is 8.42 Å². The van der Waals surface area contributed by atoms with Gasteiger partial charge in [-0.15, -0.1) is 0 Å². The van der Waals surface area contributed by atoms with E-state index in [0.717, 1.165) is 18.4 Å². The standard InChI is InChI=1S/C11H14ClNO2S/c1-16(14,15)13-8-2-3-11(13)9-4-6-10(12)7-5-9/h4-7,11H,2-3,8H2,1H3/t11-/m1/s1. The Hall–Kier alpha value is -0.580. The average Bonchev–Trinajstić information content (AvgIpc) is 2.66. The van der Waals surface area contributed by atoms with E-state index in [1.807, 2.05) is 12.1 Å². The van der Waals surface area contributed by atoms with Crippen LogP contribution >= 0.6 is 11.6 Å². The Morgan fingerprint density at radius 2 is 1.94 bits per heavy atom. The molecule has 1 fully saturated rings. The molecule has 1 heterocycles. The van der Waals surface area contributed by atoms with Gasteiger partial charge in [-0.2, -0.15) is 4.31 Å². The topological polar surface area (TPSA) is 37.4 Å². The molecule has 0 spiro atoms. The van der Waals surface area contributed by atoms with Gasteiger partial charge in [0.15, 0.2) is 0 Å². The lowest BCUT2D eigenvalue weighted by Crippen LogP contribution is -2.29. The molecule has 2 rings (SSSR count). The van der Waals surface area contributed by atoms with Gasteiger partial charge in [0.1, 0.15) is 0 Å². The van der Waals surface area contributed by atoms with E-state index in [1.54, 1.807) is 16.4 Å². The second-order valence-electron chi connectivity index (χ2n) is 4.08. The van der Waals surface area contributed by atoms with Crippen molar-refractivity contribution in [2.75, 3.05) is 12.8 Å². The molecule has 1 aromatic carbocycles. The smallest absolute Gasteiger partial charge is 0.211 e. The first kappa shape index (κ1) is 11.9. The van der Waals surface area contributed by atoms with Gasteiger partial charge in [-0.05, 0) is 30.5 Å². The van der Waals surface area contributed by atoms with Crippen LogP contribution in [0.4, 0.5) is 0 Å². The molecule has 0 unspecified atom stereocenters. The molecule has 0 aliphatic carbocycles. The van der Waals surface area contributed by atoms with Gasteiger partial charge in [0, 0.05) is 17.6 Å². The van der Waals surface area contributed by atoms with Crippen LogP contribution in [0.5, 0.6) is 0 Å². The maximum absolute atomic E-state index is 11.6. The maximum atomic E-state index is 11.6. The summed E-state index contributed by atoms with van der Waals surface area (Å²) in [6.07, 6.45) is 3.07. The zero-order valence-corrected chi connectivity index (χ0v) is 10.6. The van der Waals surface area contributed by atoms with Crippen LogP contribution in [-0.4, -0.2) is 25.5 Å². The molecule has 0 aromatic heterocycles. The van der Waals surface area contributed by atoms with E-state index in [2.05, 4.69) is 0 Å². The maximum Gasteiger partial charge on any atom is 0.211 e. The van der Waals surface area contributed by atoms with Crippen molar-refractivity contribution in [3.8, 4) is 0 Å². The molecule has 1 atom stereocenters. The number of nitrogens with zero attached hydrogens (tertiary/aromatic N) is 1. The van der Waals surface area contributed by atoms with E-state index in [1.165, 1.54) is 6.26 Å². The second-order valence-corrected chi connectivity index (χ2v) is 6.45. The Balaban J connectivity index is 2.30. The summed E-state index contributed by atoms with van der Waals surface area (Å²) in [5.74, 6) is 0. The summed E-state index contributed by atoms with van der Waals surface area (Å²) in [6.45, 7) is 0.617. The van der Waals surface area contributed by atoms with Crippen molar-refractivity contribution >= 4 is 21.6 Å². The molecule has 5 heteroatoms. The highest BCUT2D eigenvalue weighted by Crippen LogP contribution is 2.34. The monoisotopic (exact) mass is 259 g/mol. The molecule has 1 aromatic rings. The van der Waals surface area contributed by atoms with Crippen molar-refractivity contribution in [2.24, 2.45) is 0 Å². The van der Waals surface area contributed by atoms with Crippen molar-refractivity contribution in [2.45, 2.75) is 18.9 Å². The molecule has 88 valence electrons. The summed E-state index contributed by atoms with van der Waals surface area (Å²) in [4.78, 5) is 0. The van der Waals surface area contributed by atoms with Crippen LogP contribution in [0.2, 0.25) is 5.02 Å². The van der Waals surface area contributed by atoms with Gasteiger partial charge in [0.2, 0.25) is 10.0 Å². The van der Waals surface area contributed by atoms with Crippen molar-refractivity contribution in [3.05, 3.63) is 34.9 Å². The second kappa shape index (κ2) is 4.35. The van der Waals surface area contributed by atoms with Crippen LogP contribution in [0.25, 0.3) is 0 Å². The first-order chi connectivity index (χ1) is 7.48. The van der Waals surface area contributed by atoms with Crippen LogP contribution < -0.4 is 0 Å². The van der Waals surface area contributed by atoms with Gasteiger partial charge in [-0.25, -0.2) is 8.42 Å². The van der Waals surface area contributed by atoms with E-state index in [0.29, 0.717) is 11.6 Å². The van der Waals surface area contributed by atoms with Gasteiger partial charge >= 0.3 is 0 Å². The minimum absolute atomic E-state index is 0.0210. The van der Waals surface area contributed by atoms with Crippen LogP contribution in [0, 0.1) is 0 Å². The third-order valence-corrected chi connectivity index (χ3v) is 4.43. The molecule has 3 nitrogen and oxygen atoms in total. The lowest BCUT2D eigenvalue weighted by Gasteiger charge is -2.22. The van der Waals surface area contributed by atoms with E-state index >= 15 is 0 Å². The minimum atomic E-state index is -3.11. The number of hydrogen-bond donors (Lipinski definition) is 0. The largest absolute Gasteiger partial charge is 0.212 e. The number of sulfonamides is 1. The van der Waals surface area contributed by atoms with Crippen molar-refractivity contribution in [1.82, 2.24) is 4.31 Å². The fraction of sp³-hybridized carbons (Fsp3) is 0.455. The van der Waals surface area contributed by atoms with Crippen LogP contribution in [0.15, 0.2) is 24.3 Å². The van der Waals surface area contributed by atoms with Crippen molar-refractivity contribution in [1.29, 1.82) is 0 Å². The molecule has 1 aliphatic heterocycles. The zero-order chi connectivity index (χ0) is 11.8. The first-order valence-electron chi connectivity index (χ1n) is 5.21. The summed E-state index contributed by atoms with van der Waals surface area (Å²) >= 11 is 5.81. The Labute approximate surface area is 101 Å². The molecular weight excluding hydrogens is 246 g/mol. The number of rotatable bonds is 2. The predicted octanol–water partition coefficient (Wildman–Crippen LogP) is 2.44. The van der Waals surface area contributed by atoms with Crippen LogP contribution in [-0.2, 0) is 10.0 Å². The predicted molar refractivity (Wildman–Crippen MR) is 65.0 cm³/mol. The van der Waals surface area contributed by atoms with E-state index in [4.69, 9.17) is 11.6 Å². The molecule has 0 amide bonds. The normalized spacial score (nSPS) is 22.5. The van der Waals surface area contributed by atoms with Gasteiger partial charge in [0.25, 0.3) is 0 Å². The lowest BCUT2D eigenvalue weighted by atomic mass is 10.1. The van der Waals surface area contributed by atoms with E-state index in [9.17, 15) is 8.42 Å². The lowest BCUT2D eigenvalue weighted by molar-refractivity contribution is 0.400. The molecule has 16 heavy (non-hydrogen) atoms. The summed E-state index contributed by atoms with van der Waals surface area (Å²) in [5, 5.41) is 0.674. The number of halogens is 1. The summed E-state index contributed by atoms with van der Waals surface area (Å²) < 4.78 is 24.7. The summed E-state index contributed by atoms with van der Waals surface area (Å²) in [7, 11) is -3.11. The minimum Gasteiger partial charge on any atom is -0.212 e. The first-order valence-corrected chi connectivity index (χ1v) is 7.43. The summed E-state index contributed by atoms with van der Waals surface area (Å²) in [6, 6.07) is 7.38. The van der Waals surface area contributed by atoms with Crippen LogP contribution in [0.1, 0.15) is 24.4 Å². The Bertz CT molecular complexity index is 469. The fourth-order valence-electron chi connectivity index (χ4n) is 2.16. The third-order valence-electron chi connectivity index (χ3n) is 2.88. The Kier molecular flexibility index (Phi) is 3.24. The number of hydrogen-bond acceptors (Lipinski definition) is 2. The molecular formula is C11H14ClNO2S. The van der Waals surface area contributed by atoms with E-state index in [-0.39, 0.29) is 6.04 Å². The Morgan fingerprint density at radius 1 is 1.31 bits per heavy atom.